The summed E-state index contributed by atoms with van der Waals surface area (Å²) in [4.78, 5) is 18.1. The van der Waals surface area contributed by atoms with Gasteiger partial charge in [-0.25, -0.2) is 4.39 Å². The third kappa shape index (κ3) is 5.61. The van der Waals surface area contributed by atoms with Crippen molar-refractivity contribution >= 4 is 33.2 Å². The molecular formula is C19H23BrFN3OS. The van der Waals surface area contributed by atoms with Gasteiger partial charge in [-0.2, -0.15) is 0 Å². The molecule has 1 amide bonds. The van der Waals surface area contributed by atoms with Gasteiger partial charge in [0.1, 0.15) is 5.82 Å². The first-order chi connectivity index (χ1) is 12.5. The Balaban J connectivity index is 1.38. The van der Waals surface area contributed by atoms with Gasteiger partial charge in [0, 0.05) is 44.1 Å². The number of thiophene rings is 1. The lowest BCUT2D eigenvalue weighted by Gasteiger charge is -2.34. The molecule has 140 valence electrons. The summed E-state index contributed by atoms with van der Waals surface area (Å²) in [5.74, 6) is -0.243. The molecular weight excluding hydrogens is 417 g/mol. The molecule has 0 radical (unpaired) electrons. The van der Waals surface area contributed by atoms with Gasteiger partial charge in [0.25, 0.3) is 0 Å². The van der Waals surface area contributed by atoms with Crippen LogP contribution < -0.4 is 5.32 Å². The molecule has 1 aromatic heterocycles. The normalized spacial score (nSPS) is 16.0. The van der Waals surface area contributed by atoms with Crippen molar-refractivity contribution in [3.05, 3.63) is 55.9 Å². The number of hydrogen-bond donors (Lipinski definition) is 1. The lowest BCUT2D eigenvalue weighted by Crippen LogP contribution is -2.48. The van der Waals surface area contributed by atoms with Crippen molar-refractivity contribution in [3.8, 4) is 0 Å². The van der Waals surface area contributed by atoms with E-state index in [1.54, 1.807) is 24.3 Å². The second-order valence-electron chi connectivity index (χ2n) is 6.62. The van der Waals surface area contributed by atoms with E-state index in [4.69, 9.17) is 0 Å². The van der Waals surface area contributed by atoms with Crippen molar-refractivity contribution in [1.29, 1.82) is 0 Å². The number of amides is 1. The third-order valence-electron chi connectivity index (χ3n) is 4.57. The first-order valence-corrected chi connectivity index (χ1v) is 10.3. The monoisotopic (exact) mass is 439 g/mol. The molecule has 0 bridgehead atoms. The Labute approximate surface area is 166 Å². The number of piperazine rings is 1. The van der Waals surface area contributed by atoms with Gasteiger partial charge >= 0.3 is 0 Å². The van der Waals surface area contributed by atoms with Gasteiger partial charge in [0.15, 0.2) is 0 Å². The van der Waals surface area contributed by atoms with Gasteiger partial charge < -0.3 is 5.32 Å². The number of rotatable bonds is 6. The van der Waals surface area contributed by atoms with E-state index >= 15 is 0 Å². The van der Waals surface area contributed by atoms with E-state index in [0.29, 0.717) is 18.7 Å². The van der Waals surface area contributed by atoms with Gasteiger partial charge in [-0.3, -0.25) is 14.6 Å². The van der Waals surface area contributed by atoms with E-state index in [9.17, 15) is 9.18 Å². The van der Waals surface area contributed by atoms with Crippen LogP contribution in [0.25, 0.3) is 0 Å². The highest BCUT2D eigenvalue weighted by Gasteiger charge is 2.19. The van der Waals surface area contributed by atoms with Crippen molar-refractivity contribution in [2.24, 2.45) is 0 Å². The van der Waals surface area contributed by atoms with Crippen LogP contribution >= 0.6 is 27.3 Å². The summed E-state index contributed by atoms with van der Waals surface area (Å²) in [5.41, 5.74) is 1.40. The Morgan fingerprint density at radius 3 is 2.58 bits per heavy atom. The number of carbonyl (C=O) groups is 1. The molecule has 2 aromatic rings. The SMILES string of the molecule is Cc1ccc(CNC(=O)CN2CCN(Cc3ccc(Br)s3)CC2)cc1F. The van der Waals surface area contributed by atoms with Gasteiger partial charge in [-0.05, 0) is 52.2 Å². The van der Waals surface area contributed by atoms with Gasteiger partial charge in [-0.1, -0.05) is 12.1 Å². The highest BCUT2D eigenvalue weighted by molar-refractivity contribution is 9.11. The molecule has 1 fully saturated rings. The molecule has 0 aliphatic carbocycles. The second-order valence-corrected chi connectivity index (χ2v) is 9.17. The number of nitrogens with zero attached hydrogens (tertiary/aromatic N) is 2. The Morgan fingerprint density at radius 1 is 1.19 bits per heavy atom. The summed E-state index contributed by atoms with van der Waals surface area (Å²) in [6.45, 7) is 7.16. The lowest BCUT2D eigenvalue weighted by atomic mass is 10.1. The van der Waals surface area contributed by atoms with Crippen LogP contribution in [-0.4, -0.2) is 48.4 Å². The number of benzene rings is 1. The smallest absolute Gasteiger partial charge is 0.234 e. The average molecular weight is 440 g/mol. The first-order valence-electron chi connectivity index (χ1n) is 8.70. The summed E-state index contributed by atoms with van der Waals surface area (Å²) in [5, 5.41) is 2.88. The molecule has 0 saturated carbocycles. The molecule has 1 aromatic carbocycles. The zero-order valence-corrected chi connectivity index (χ0v) is 17.2. The molecule has 26 heavy (non-hydrogen) atoms. The minimum Gasteiger partial charge on any atom is -0.351 e. The molecule has 2 heterocycles. The Bertz CT molecular complexity index is 759. The van der Waals surface area contributed by atoms with Crippen molar-refractivity contribution in [2.75, 3.05) is 32.7 Å². The van der Waals surface area contributed by atoms with E-state index in [1.807, 2.05) is 6.07 Å². The molecule has 0 spiro atoms. The zero-order chi connectivity index (χ0) is 18.5. The topological polar surface area (TPSA) is 35.6 Å². The van der Waals surface area contributed by atoms with E-state index in [2.05, 4.69) is 43.2 Å². The molecule has 1 aliphatic heterocycles. The summed E-state index contributed by atoms with van der Waals surface area (Å²) < 4.78 is 14.7. The Morgan fingerprint density at radius 2 is 1.92 bits per heavy atom. The standard InChI is InChI=1S/C19H23BrFN3OS/c1-14-2-3-15(10-17(14)21)11-22-19(25)13-24-8-6-23(7-9-24)12-16-4-5-18(20)26-16/h2-5,10H,6-9,11-13H2,1H3,(H,22,25). The van der Waals surface area contributed by atoms with Crippen molar-refractivity contribution in [1.82, 2.24) is 15.1 Å². The van der Waals surface area contributed by atoms with E-state index in [0.717, 1.165) is 42.1 Å². The van der Waals surface area contributed by atoms with E-state index in [1.165, 1.54) is 10.9 Å². The molecule has 1 aliphatic rings. The van der Waals surface area contributed by atoms with Crippen LogP contribution in [0.2, 0.25) is 0 Å². The van der Waals surface area contributed by atoms with Crippen molar-refractivity contribution in [3.63, 3.8) is 0 Å². The zero-order valence-electron chi connectivity index (χ0n) is 14.8. The van der Waals surface area contributed by atoms with E-state index < -0.39 is 0 Å². The van der Waals surface area contributed by atoms with Crippen molar-refractivity contribution in [2.45, 2.75) is 20.0 Å². The van der Waals surface area contributed by atoms with Gasteiger partial charge in [0.2, 0.25) is 5.91 Å². The van der Waals surface area contributed by atoms with Crippen LogP contribution in [0, 0.1) is 12.7 Å². The summed E-state index contributed by atoms with van der Waals surface area (Å²) >= 11 is 5.27. The van der Waals surface area contributed by atoms with Crippen LogP contribution in [-0.2, 0) is 17.9 Å². The van der Waals surface area contributed by atoms with Crippen LogP contribution in [0.4, 0.5) is 4.39 Å². The number of hydrogen-bond acceptors (Lipinski definition) is 4. The molecule has 0 unspecified atom stereocenters. The van der Waals surface area contributed by atoms with Crippen LogP contribution in [0.3, 0.4) is 0 Å². The Hall–Kier alpha value is -1.28. The molecule has 4 nitrogen and oxygen atoms in total. The molecule has 7 heteroatoms. The molecule has 1 N–H and O–H groups in total. The molecule has 1 saturated heterocycles. The molecule has 3 rings (SSSR count). The Kier molecular flexibility index (Phi) is 6.80. The van der Waals surface area contributed by atoms with Crippen LogP contribution in [0.1, 0.15) is 16.0 Å². The van der Waals surface area contributed by atoms with Crippen LogP contribution in [0.5, 0.6) is 0 Å². The fraction of sp³-hybridized carbons (Fsp3) is 0.421. The largest absolute Gasteiger partial charge is 0.351 e. The predicted octanol–water partition coefficient (Wildman–Crippen LogP) is 3.39. The average Bonchev–Trinajstić information content (AvgIpc) is 3.02. The van der Waals surface area contributed by atoms with E-state index in [-0.39, 0.29) is 11.7 Å². The fourth-order valence-electron chi connectivity index (χ4n) is 2.97. The minimum atomic E-state index is -0.231. The highest BCUT2D eigenvalue weighted by atomic mass is 79.9. The van der Waals surface area contributed by atoms with Gasteiger partial charge in [0.05, 0.1) is 10.3 Å². The maximum absolute atomic E-state index is 13.5. The highest BCUT2D eigenvalue weighted by Crippen LogP contribution is 2.23. The maximum atomic E-state index is 13.5. The third-order valence-corrected chi connectivity index (χ3v) is 6.17. The predicted molar refractivity (Wildman–Crippen MR) is 107 cm³/mol. The number of carbonyl (C=O) groups excluding carboxylic acids is 1. The lowest BCUT2D eigenvalue weighted by molar-refractivity contribution is -0.122. The van der Waals surface area contributed by atoms with Gasteiger partial charge in [-0.15, -0.1) is 11.3 Å². The maximum Gasteiger partial charge on any atom is 0.234 e. The summed E-state index contributed by atoms with van der Waals surface area (Å²) in [6.07, 6.45) is 0. The second kappa shape index (κ2) is 9.08. The number of aryl methyl sites for hydroxylation is 1. The summed E-state index contributed by atoms with van der Waals surface area (Å²) in [7, 11) is 0. The minimum absolute atomic E-state index is 0.0124. The molecule has 0 atom stereocenters. The fourth-order valence-corrected chi connectivity index (χ4v) is 4.49. The first kappa shape index (κ1) is 19.5. The number of nitrogens with one attached hydrogen (secondary N) is 1. The summed E-state index contributed by atoms with van der Waals surface area (Å²) in [6, 6.07) is 9.31. The van der Waals surface area contributed by atoms with Crippen molar-refractivity contribution < 1.29 is 9.18 Å². The quantitative estimate of drug-likeness (QED) is 0.748. The number of halogens is 2. The van der Waals surface area contributed by atoms with Crippen LogP contribution in [0.15, 0.2) is 34.1 Å².